The summed E-state index contributed by atoms with van der Waals surface area (Å²) in [4.78, 5) is 2.35. The fourth-order valence-corrected chi connectivity index (χ4v) is 7.68. The van der Waals surface area contributed by atoms with E-state index in [0.29, 0.717) is 0 Å². The molecule has 0 aliphatic carbocycles. The van der Waals surface area contributed by atoms with Gasteiger partial charge in [-0.1, -0.05) is 146 Å². The molecule has 9 aromatic carbocycles. The first-order valence-corrected chi connectivity index (χ1v) is 17.1. The van der Waals surface area contributed by atoms with E-state index >= 15 is 0 Å². The minimum atomic E-state index is 0.862. The Balaban J connectivity index is 1.21. The molecule has 10 rings (SSSR count). The van der Waals surface area contributed by atoms with Crippen molar-refractivity contribution < 1.29 is 4.42 Å². The first-order valence-electron chi connectivity index (χ1n) is 17.1. The lowest BCUT2D eigenvalue weighted by molar-refractivity contribution is 0.670. The molecule has 0 bridgehead atoms. The van der Waals surface area contributed by atoms with Gasteiger partial charge in [0.25, 0.3) is 0 Å². The van der Waals surface area contributed by atoms with E-state index in [-0.39, 0.29) is 0 Å². The molecule has 0 fully saturated rings. The van der Waals surface area contributed by atoms with Crippen LogP contribution in [0.3, 0.4) is 0 Å². The van der Waals surface area contributed by atoms with Crippen LogP contribution < -0.4 is 4.90 Å². The number of hydrogen-bond acceptors (Lipinski definition) is 2. The van der Waals surface area contributed by atoms with Gasteiger partial charge in [0.15, 0.2) is 0 Å². The van der Waals surface area contributed by atoms with Gasteiger partial charge in [-0.3, -0.25) is 0 Å². The van der Waals surface area contributed by atoms with Gasteiger partial charge in [-0.05, 0) is 80.0 Å². The first kappa shape index (κ1) is 28.4. The van der Waals surface area contributed by atoms with Crippen molar-refractivity contribution in [3.63, 3.8) is 0 Å². The molecule has 10 aromatic rings. The molecule has 1 heterocycles. The van der Waals surface area contributed by atoms with E-state index in [1.807, 2.05) is 0 Å². The molecule has 0 spiro atoms. The summed E-state index contributed by atoms with van der Waals surface area (Å²) in [6.07, 6.45) is 0. The maximum Gasteiger partial charge on any atom is 0.143 e. The van der Waals surface area contributed by atoms with Crippen molar-refractivity contribution in [1.29, 1.82) is 0 Å². The Kier molecular flexibility index (Phi) is 6.53. The summed E-state index contributed by atoms with van der Waals surface area (Å²) in [6.45, 7) is 0. The van der Waals surface area contributed by atoms with Crippen LogP contribution in [0.15, 0.2) is 192 Å². The Morgan fingerprint density at radius 2 is 0.960 bits per heavy atom. The van der Waals surface area contributed by atoms with Crippen LogP contribution in [0.4, 0.5) is 17.1 Å². The minimum absolute atomic E-state index is 0.862. The van der Waals surface area contributed by atoms with Gasteiger partial charge in [-0.25, -0.2) is 0 Å². The maximum atomic E-state index is 7.00. The van der Waals surface area contributed by atoms with Crippen molar-refractivity contribution in [2.75, 3.05) is 4.90 Å². The Morgan fingerprint density at radius 3 is 1.76 bits per heavy atom. The topological polar surface area (TPSA) is 16.4 Å². The van der Waals surface area contributed by atoms with Gasteiger partial charge in [0.1, 0.15) is 11.2 Å². The number of fused-ring (bicyclic) bond motifs is 6. The molecule has 0 aliphatic rings. The van der Waals surface area contributed by atoms with Crippen molar-refractivity contribution in [3.8, 4) is 22.3 Å². The highest BCUT2D eigenvalue weighted by molar-refractivity contribution is 6.21. The predicted molar refractivity (Wildman–Crippen MR) is 212 cm³/mol. The molecule has 0 amide bonds. The molecule has 0 aliphatic heterocycles. The lowest BCUT2D eigenvalue weighted by atomic mass is 9.92. The fraction of sp³-hybridized carbons (Fsp3) is 0. The van der Waals surface area contributed by atoms with Gasteiger partial charge >= 0.3 is 0 Å². The van der Waals surface area contributed by atoms with E-state index in [0.717, 1.165) is 44.6 Å². The van der Waals surface area contributed by atoms with Gasteiger partial charge in [-0.15, -0.1) is 0 Å². The molecule has 0 saturated carbocycles. The molecule has 2 nitrogen and oxygen atoms in total. The summed E-state index contributed by atoms with van der Waals surface area (Å²) in [7, 11) is 0. The zero-order valence-electron chi connectivity index (χ0n) is 27.3. The van der Waals surface area contributed by atoms with Gasteiger partial charge < -0.3 is 9.32 Å². The lowest BCUT2D eigenvalue weighted by Crippen LogP contribution is -2.10. The molecule has 50 heavy (non-hydrogen) atoms. The highest BCUT2D eigenvalue weighted by Gasteiger charge is 2.21. The minimum Gasteiger partial charge on any atom is -0.455 e. The van der Waals surface area contributed by atoms with Gasteiger partial charge in [0.2, 0.25) is 0 Å². The van der Waals surface area contributed by atoms with E-state index in [9.17, 15) is 0 Å². The molecule has 0 N–H and O–H groups in total. The SMILES string of the molecule is c1ccc(-c2ccc(N(c3ccc4c(c3)oc3c(-c5cccc6ccccc56)c5ccccc5cc34)c3cccc4ccccc34)cc2)cc1. The quantitative estimate of drug-likeness (QED) is 0.187. The van der Waals surface area contributed by atoms with E-state index in [2.05, 4.69) is 193 Å². The zero-order valence-corrected chi connectivity index (χ0v) is 27.3. The molecule has 0 unspecified atom stereocenters. The molecular weight excluding hydrogens is 607 g/mol. The van der Waals surface area contributed by atoms with Crippen LogP contribution in [-0.4, -0.2) is 0 Å². The summed E-state index contributed by atoms with van der Waals surface area (Å²) >= 11 is 0. The molecule has 0 radical (unpaired) electrons. The maximum absolute atomic E-state index is 7.00. The molecule has 1 aromatic heterocycles. The van der Waals surface area contributed by atoms with Crippen molar-refractivity contribution in [2.24, 2.45) is 0 Å². The summed E-state index contributed by atoms with van der Waals surface area (Å²) in [5, 5.41) is 9.44. The van der Waals surface area contributed by atoms with E-state index in [1.165, 1.54) is 49.0 Å². The van der Waals surface area contributed by atoms with Crippen LogP contribution in [0.1, 0.15) is 0 Å². The lowest BCUT2D eigenvalue weighted by Gasteiger charge is -2.27. The van der Waals surface area contributed by atoms with Crippen LogP contribution in [0.25, 0.3) is 76.5 Å². The Bertz CT molecular complexity index is 2860. The summed E-state index contributed by atoms with van der Waals surface area (Å²) in [5.74, 6) is 0. The van der Waals surface area contributed by atoms with Crippen molar-refractivity contribution in [2.45, 2.75) is 0 Å². The van der Waals surface area contributed by atoms with Crippen molar-refractivity contribution in [1.82, 2.24) is 0 Å². The number of rotatable bonds is 5. The third-order valence-corrected chi connectivity index (χ3v) is 10.0. The Hall–Kier alpha value is -6.64. The summed E-state index contributed by atoms with van der Waals surface area (Å²) < 4.78 is 7.00. The van der Waals surface area contributed by atoms with Crippen molar-refractivity contribution >= 4 is 71.3 Å². The number of anilines is 3. The monoisotopic (exact) mass is 637 g/mol. The zero-order chi connectivity index (χ0) is 33.0. The largest absolute Gasteiger partial charge is 0.455 e. The second-order valence-corrected chi connectivity index (χ2v) is 12.9. The number of furan rings is 1. The fourth-order valence-electron chi connectivity index (χ4n) is 7.68. The van der Waals surface area contributed by atoms with Crippen LogP contribution >= 0.6 is 0 Å². The molecule has 234 valence electrons. The third-order valence-electron chi connectivity index (χ3n) is 10.0. The average molecular weight is 638 g/mol. The average Bonchev–Trinajstić information content (AvgIpc) is 3.55. The van der Waals surface area contributed by atoms with Crippen LogP contribution in [0.5, 0.6) is 0 Å². The predicted octanol–water partition coefficient (Wildman–Crippen LogP) is 13.8. The third kappa shape index (κ3) is 4.57. The van der Waals surface area contributed by atoms with Gasteiger partial charge in [-0.2, -0.15) is 0 Å². The number of nitrogens with zero attached hydrogens (tertiary/aromatic N) is 1. The molecule has 0 saturated heterocycles. The molecular formula is C48H31NO. The highest BCUT2D eigenvalue weighted by atomic mass is 16.3. The highest BCUT2D eigenvalue weighted by Crippen LogP contribution is 2.46. The van der Waals surface area contributed by atoms with Crippen LogP contribution in [0, 0.1) is 0 Å². The number of benzene rings is 9. The summed E-state index contributed by atoms with van der Waals surface area (Å²) in [5.41, 5.74) is 9.72. The van der Waals surface area contributed by atoms with Crippen LogP contribution in [0.2, 0.25) is 0 Å². The van der Waals surface area contributed by atoms with Crippen LogP contribution in [-0.2, 0) is 0 Å². The first-order chi connectivity index (χ1) is 24.8. The normalized spacial score (nSPS) is 11.6. The van der Waals surface area contributed by atoms with Gasteiger partial charge in [0, 0.05) is 39.2 Å². The van der Waals surface area contributed by atoms with E-state index in [4.69, 9.17) is 4.42 Å². The Labute approximate surface area is 290 Å². The smallest absolute Gasteiger partial charge is 0.143 e. The summed E-state index contributed by atoms with van der Waals surface area (Å²) in [6, 6.07) is 67.3. The number of hydrogen-bond donors (Lipinski definition) is 0. The van der Waals surface area contributed by atoms with Gasteiger partial charge in [0.05, 0.1) is 5.69 Å². The van der Waals surface area contributed by atoms with E-state index in [1.54, 1.807) is 0 Å². The van der Waals surface area contributed by atoms with E-state index < -0.39 is 0 Å². The molecule has 2 heteroatoms. The second-order valence-electron chi connectivity index (χ2n) is 12.9. The standard InChI is InChI=1S/C48H31NO/c1-2-12-32(13-3-1)33-24-26-37(27-25-33)49(45-23-11-18-35-15-5-8-20-40(35)45)38-28-29-42-44-30-36-16-6-9-21-41(36)47(48(44)50-46(42)31-38)43-22-10-17-34-14-4-7-19-39(34)43/h1-31H. The van der Waals surface area contributed by atoms with Crippen molar-refractivity contribution in [3.05, 3.63) is 188 Å². The second kappa shape index (κ2) is 11.5. The molecule has 0 atom stereocenters. The Morgan fingerprint density at radius 1 is 0.360 bits per heavy atom.